The molecule has 0 radical (unpaired) electrons. The molecule has 0 atom stereocenters. The third-order valence-corrected chi connectivity index (χ3v) is 5.81. The largest absolute Gasteiger partial charge is 0.347 e. The molecule has 2 aromatic heterocycles. The fourth-order valence-electron chi connectivity index (χ4n) is 2.46. The Balaban J connectivity index is 1.63. The Morgan fingerprint density at radius 1 is 0.882 bits per heavy atom. The number of H-pyrrole nitrogens is 2. The van der Waals surface area contributed by atoms with Crippen LogP contribution in [0.5, 0.6) is 0 Å². The molecular formula is C12H14N4S. The lowest BCUT2D eigenvalue weighted by Crippen LogP contribution is -2.11. The molecule has 0 spiro atoms. The van der Waals surface area contributed by atoms with Gasteiger partial charge < -0.3 is 9.97 Å². The molecule has 0 amide bonds. The van der Waals surface area contributed by atoms with E-state index in [0.29, 0.717) is 0 Å². The molecule has 2 N–H and O–H groups in total. The third-order valence-electron chi connectivity index (χ3n) is 3.78. The van der Waals surface area contributed by atoms with Crippen molar-refractivity contribution in [2.45, 2.75) is 35.2 Å². The zero-order valence-corrected chi connectivity index (χ0v) is 10.3. The molecule has 0 aliphatic heterocycles. The minimum absolute atomic E-state index is 0.290. The maximum Gasteiger partial charge on any atom is 0.0922 e. The molecule has 2 heterocycles. The smallest absolute Gasteiger partial charge is 0.0922 e. The lowest BCUT2D eigenvalue weighted by atomic mass is 10.3. The number of rotatable bonds is 4. The molecule has 2 fully saturated rings. The van der Waals surface area contributed by atoms with Crippen molar-refractivity contribution < 1.29 is 0 Å². The van der Waals surface area contributed by atoms with Crippen LogP contribution < -0.4 is 0 Å². The van der Waals surface area contributed by atoms with Crippen molar-refractivity contribution in [1.82, 2.24) is 19.9 Å². The first kappa shape index (κ1) is 9.76. The molecule has 17 heavy (non-hydrogen) atoms. The van der Waals surface area contributed by atoms with Crippen molar-refractivity contribution in [3.8, 4) is 0 Å². The summed E-state index contributed by atoms with van der Waals surface area (Å²) >= 11 is 2.10. The van der Waals surface area contributed by atoms with Crippen molar-refractivity contribution in [3.63, 3.8) is 0 Å². The average molecular weight is 246 g/mol. The van der Waals surface area contributed by atoms with Gasteiger partial charge in [-0.2, -0.15) is 0 Å². The molecule has 5 heteroatoms. The molecule has 0 unspecified atom stereocenters. The van der Waals surface area contributed by atoms with Crippen LogP contribution in [0.2, 0.25) is 0 Å². The molecular weight excluding hydrogens is 232 g/mol. The normalized spacial score (nSPS) is 23.5. The highest BCUT2D eigenvalue weighted by atomic mass is 32.2. The molecule has 2 aliphatic rings. The molecule has 0 aromatic carbocycles. The van der Waals surface area contributed by atoms with Crippen LogP contribution in [-0.4, -0.2) is 19.9 Å². The molecule has 4 rings (SSSR count). The van der Waals surface area contributed by atoms with Gasteiger partial charge in [0.1, 0.15) is 0 Å². The summed E-state index contributed by atoms with van der Waals surface area (Å²) in [4.78, 5) is 14.9. The topological polar surface area (TPSA) is 57.4 Å². The highest BCUT2D eigenvalue weighted by molar-refractivity contribution is 8.01. The number of thioether (sulfide) groups is 1. The second kappa shape index (κ2) is 3.16. The first-order chi connectivity index (χ1) is 8.33. The monoisotopic (exact) mass is 246 g/mol. The van der Waals surface area contributed by atoms with Gasteiger partial charge in [0.15, 0.2) is 0 Å². The number of aromatic amines is 2. The van der Waals surface area contributed by atoms with E-state index in [2.05, 4.69) is 31.7 Å². The zero-order valence-electron chi connectivity index (χ0n) is 9.44. The summed E-state index contributed by atoms with van der Waals surface area (Å²) in [5.74, 6) is 0. The van der Waals surface area contributed by atoms with Crippen LogP contribution in [0, 0.1) is 0 Å². The molecule has 2 aliphatic carbocycles. The predicted molar refractivity (Wildman–Crippen MR) is 66.6 cm³/mol. The maximum atomic E-state index is 4.15. The minimum Gasteiger partial charge on any atom is -0.347 e. The molecule has 0 bridgehead atoms. The number of nitrogens with one attached hydrogen (secondary N) is 2. The molecule has 0 saturated heterocycles. The van der Waals surface area contributed by atoms with E-state index in [9.17, 15) is 0 Å². The highest BCUT2D eigenvalue weighted by Gasteiger charge is 2.57. The first-order valence-electron chi connectivity index (χ1n) is 6.01. The van der Waals surface area contributed by atoms with Crippen LogP contribution in [-0.2, 0) is 9.49 Å². The van der Waals surface area contributed by atoms with E-state index in [1.807, 2.05) is 12.4 Å². The average Bonchev–Trinajstić information content (AvgIpc) is 3.15. The second-order valence-corrected chi connectivity index (χ2v) is 6.79. The first-order valence-corrected chi connectivity index (χ1v) is 6.83. The standard InChI is InChI=1S/C12H14N4S/c1-2-11(1,9-5-13-7-15-9)17-12(3-4-12)10-6-14-8-16-10/h5-8H,1-4H2,(H,13,15)(H,14,16). The Labute approximate surface area is 104 Å². The minimum atomic E-state index is 0.290. The summed E-state index contributed by atoms with van der Waals surface area (Å²) in [5.41, 5.74) is 2.57. The van der Waals surface area contributed by atoms with Crippen molar-refractivity contribution in [1.29, 1.82) is 0 Å². The van der Waals surface area contributed by atoms with Crippen molar-refractivity contribution >= 4 is 11.8 Å². The Morgan fingerprint density at radius 2 is 1.35 bits per heavy atom. The van der Waals surface area contributed by atoms with Crippen molar-refractivity contribution in [2.75, 3.05) is 0 Å². The highest BCUT2D eigenvalue weighted by Crippen LogP contribution is 2.69. The van der Waals surface area contributed by atoms with Crippen LogP contribution in [0.1, 0.15) is 37.1 Å². The quantitative estimate of drug-likeness (QED) is 0.871. The van der Waals surface area contributed by atoms with Gasteiger partial charge in [-0.05, 0) is 25.7 Å². The number of nitrogens with zero attached hydrogens (tertiary/aromatic N) is 2. The van der Waals surface area contributed by atoms with Gasteiger partial charge in [-0.15, -0.1) is 11.8 Å². The number of hydrogen-bond acceptors (Lipinski definition) is 3. The summed E-state index contributed by atoms with van der Waals surface area (Å²) in [5, 5.41) is 0. The van der Waals surface area contributed by atoms with Gasteiger partial charge in [-0.1, -0.05) is 0 Å². The van der Waals surface area contributed by atoms with Gasteiger partial charge >= 0.3 is 0 Å². The molecule has 2 aromatic rings. The summed E-state index contributed by atoms with van der Waals surface area (Å²) in [6, 6.07) is 0. The Hall–Kier alpha value is -1.23. The Kier molecular flexibility index (Phi) is 1.82. The van der Waals surface area contributed by atoms with E-state index in [1.54, 1.807) is 12.7 Å². The van der Waals surface area contributed by atoms with Gasteiger partial charge in [-0.3, -0.25) is 0 Å². The second-order valence-electron chi connectivity index (χ2n) is 5.02. The number of hydrogen-bond donors (Lipinski definition) is 2. The van der Waals surface area contributed by atoms with E-state index in [0.717, 1.165) is 0 Å². The van der Waals surface area contributed by atoms with E-state index < -0.39 is 0 Å². The molecule has 4 nitrogen and oxygen atoms in total. The van der Waals surface area contributed by atoms with Crippen LogP contribution in [0.15, 0.2) is 25.0 Å². The third kappa shape index (κ3) is 1.45. The fourth-order valence-corrected chi connectivity index (χ4v) is 4.27. The van der Waals surface area contributed by atoms with Crippen LogP contribution >= 0.6 is 11.8 Å². The lowest BCUT2D eigenvalue weighted by Gasteiger charge is -2.20. The molecule has 2 saturated carbocycles. The van der Waals surface area contributed by atoms with Crippen LogP contribution in [0.4, 0.5) is 0 Å². The molecule has 88 valence electrons. The summed E-state index contributed by atoms with van der Waals surface area (Å²) < 4.78 is 0.580. The van der Waals surface area contributed by atoms with Gasteiger partial charge in [0.2, 0.25) is 0 Å². The van der Waals surface area contributed by atoms with Crippen LogP contribution in [0.3, 0.4) is 0 Å². The van der Waals surface area contributed by atoms with Crippen LogP contribution in [0.25, 0.3) is 0 Å². The van der Waals surface area contributed by atoms with E-state index in [-0.39, 0.29) is 9.49 Å². The summed E-state index contributed by atoms with van der Waals surface area (Å²) in [6.07, 6.45) is 12.6. The SMILES string of the molecule is c1ncc(C2(SC3(c4cnc[nH]4)CC3)CC2)[nH]1. The zero-order chi connectivity index (χ0) is 11.3. The Bertz CT molecular complexity index is 460. The Morgan fingerprint density at radius 3 is 1.65 bits per heavy atom. The summed E-state index contributed by atoms with van der Waals surface area (Å²) in [6.45, 7) is 0. The van der Waals surface area contributed by atoms with Gasteiger partial charge in [-0.25, -0.2) is 9.97 Å². The predicted octanol–water partition coefficient (Wildman–Crippen LogP) is 2.54. The lowest BCUT2D eigenvalue weighted by molar-refractivity contribution is 0.909. The van der Waals surface area contributed by atoms with E-state index >= 15 is 0 Å². The maximum absolute atomic E-state index is 4.15. The van der Waals surface area contributed by atoms with Gasteiger partial charge in [0.05, 0.1) is 33.5 Å². The number of imidazole rings is 2. The van der Waals surface area contributed by atoms with Gasteiger partial charge in [0.25, 0.3) is 0 Å². The van der Waals surface area contributed by atoms with E-state index in [1.165, 1.54) is 37.1 Å². The van der Waals surface area contributed by atoms with Crippen molar-refractivity contribution in [2.24, 2.45) is 0 Å². The van der Waals surface area contributed by atoms with Gasteiger partial charge in [0, 0.05) is 12.4 Å². The van der Waals surface area contributed by atoms with E-state index in [4.69, 9.17) is 0 Å². The summed E-state index contributed by atoms with van der Waals surface area (Å²) in [7, 11) is 0. The number of aromatic nitrogens is 4. The fraction of sp³-hybridized carbons (Fsp3) is 0.500. The van der Waals surface area contributed by atoms with Crippen molar-refractivity contribution in [3.05, 3.63) is 36.4 Å².